The summed E-state index contributed by atoms with van der Waals surface area (Å²) in [6.45, 7) is 2.98. The first-order chi connectivity index (χ1) is 13.4. The lowest BCUT2D eigenvalue weighted by molar-refractivity contribution is 0.0997. The fraction of sp³-hybridized carbons (Fsp3) is 0.316. The Morgan fingerprint density at radius 3 is 2.46 bits per heavy atom. The third kappa shape index (κ3) is 5.08. The Morgan fingerprint density at radius 2 is 1.79 bits per heavy atom. The lowest BCUT2D eigenvalue weighted by atomic mass is 10.1. The van der Waals surface area contributed by atoms with Gasteiger partial charge in [-0.05, 0) is 49.7 Å². The van der Waals surface area contributed by atoms with Crippen LogP contribution in [0.4, 0.5) is 14.8 Å². The SMILES string of the molecule is NC(=O)Nc1sc(NC(=O)c2cccc(CN3CCCCC3)c2)cc1C(N)=O. The number of nitrogens with two attached hydrogens (primary N) is 2. The van der Waals surface area contributed by atoms with Crippen molar-refractivity contribution < 1.29 is 14.4 Å². The van der Waals surface area contributed by atoms with Gasteiger partial charge in [0.1, 0.15) is 5.00 Å². The van der Waals surface area contributed by atoms with E-state index in [1.807, 2.05) is 18.2 Å². The van der Waals surface area contributed by atoms with E-state index in [4.69, 9.17) is 11.5 Å². The summed E-state index contributed by atoms with van der Waals surface area (Å²) in [5, 5.41) is 5.68. The Kier molecular flexibility index (Phi) is 6.27. The number of amides is 4. The highest BCUT2D eigenvalue weighted by Crippen LogP contribution is 2.32. The van der Waals surface area contributed by atoms with Gasteiger partial charge < -0.3 is 16.8 Å². The Morgan fingerprint density at radius 1 is 1.04 bits per heavy atom. The zero-order valence-corrected chi connectivity index (χ0v) is 16.2. The van der Waals surface area contributed by atoms with Gasteiger partial charge in [0.25, 0.3) is 11.8 Å². The second kappa shape index (κ2) is 8.85. The van der Waals surface area contributed by atoms with E-state index in [0.29, 0.717) is 10.6 Å². The van der Waals surface area contributed by atoms with Gasteiger partial charge in [-0.3, -0.25) is 19.8 Å². The van der Waals surface area contributed by atoms with Gasteiger partial charge in [-0.15, -0.1) is 0 Å². The molecule has 3 rings (SSSR count). The Bertz CT molecular complexity index is 889. The molecule has 1 aliphatic heterocycles. The molecule has 0 spiro atoms. The van der Waals surface area contributed by atoms with E-state index in [2.05, 4.69) is 15.5 Å². The van der Waals surface area contributed by atoms with Crippen LogP contribution in [0, 0.1) is 0 Å². The van der Waals surface area contributed by atoms with Crippen molar-refractivity contribution in [3.63, 3.8) is 0 Å². The van der Waals surface area contributed by atoms with Gasteiger partial charge in [-0.2, -0.15) is 0 Å². The zero-order chi connectivity index (χ0) is 20.1. The molecule has 6 N–H and O–H groups in total. The first-order valence-electron chi connectivity index (χ1n) is 9.05. The van der Waals surface area contributed by atoms with Crippen LogP contribution < -0.4 is 22.1 Å². The van der Waals surface area contributed by atoms with Crippen molar-refractivity contribution in [2.75, 3.05) is 23.7 Å². The molecule has 0 radical (unpaired) electrons. The Labute approximate surface area is 166 Å². The number of hydrogen-bond acceptors (Lipinski definition) is 5. The van der Waals surface area contributed by atoms with Crippen LogP contribution in [0.25, 0.3) is 0 Å². The van der Waals surface area contributed by atoms with E-state index in [-0.39, 0.29) is 16.5 Å². The van der Waals surface area contributed by atoms with Gasteiger partial charge >= 0.3 is 6.03 Å². The lowest BCUT2D eigenvalue weighted by Crippen LogP contribution is -2.29. The number of carbonyl (C=O) groups excluding carboxylic acids is 3. The maximum absolute atomic E-state index is 12.6. The fourth-order valence-electron chi connectivity index (χ4n) is 3.21. The number of nitrogens with zero attached hydrogens (tertiary/aromatic N) is 1. The monoisotopic (exact) mass is 401 g/mol. The molecule has 8 nitrogen and oxygen atoms in total. The van der Waals surface area contributed by atoms with Crippen LogP contribution in [0.1, 0.15) is 45.5 Å². The first-order valence-corrected chi connectivity index (χ1v) is 9.87. The summed E-state index contributed by atoms with van der Waals surface area (Å²) in [6.07, 6.45) is 3.70. The van der Waals surface area contributed by atoms with Crippen LogP contribution in [0.2, 0.25) is 0 Å². The Balaban J connectivity index is 1.71. The van der Waals surface area contributed by atoms with Crippen molar-refractivity contribution in [3.05, 3.63) is 47.0 Å². The summed E-state index contributed by atoms with van der Waals surface area (Å²) in [4.78, 5) is 37.6. The van der Waals surface area contributed by atoms with Crippen LogP contribution in [0.5, 0.6) is 0 Å². The number of benzene rings is 1. The van der Waals surface area contributed by atoms with Gasteiger partial charge in [0.2, 0.25) is 0 Å². The lowest BCUT2D eigenvalue weighted by Gasteiger charge is -2.26. The molecular weight excluding hydrogens is 378 g/mol. The molecule has 9 heteroatoms. The van der Waals surface area contributed by atoms with Crippen molar-refractivity contribution in [2.45, 2.75) is 25.8 Å². The van der Waals surface area contributed by atoms with Gasteiger partial charge in [-0.25, -0.2) is 4.79 Å². The average molecular weight is 401 g/mol. The molecule has 28 heavy (non-hydrogen) atoms. The maximum Gasteiger partial charge on any atom is 0.317 e. The minimum atomic E-state index is -0.812. The predicted octanol–water partition coefficient (Wildman–Crippen LogP) is 2.58. The number of carbonyl (C=O) groups is 3. The van der Waals surface area contributed by atoms with Crippen molar-refractivity contribution in [1.82, 2.24) is 4.90 Å². The molecule has 1 saturated heterocycles. The van der Waals surface area contributed by atoms with Gasteiger partial charge in [0, 0.05) is 12.1 Å². The summed E-state index contributed by atoms with van der Waals surface area (Å²) in [6, 6.07) is 8.09. The molecule has 148 valence electrons. The van der Waals surface area contributed by atoms with Gasteiger partial charge in [0.15, 0.2) is 0 Å². The third-order valence-corrected chi connectivity index (χ3v) is 5.48. The summed E-state index contributed by atoms with van der Waals surface area (Å²) < 4.78 is 0. The number of hydrogen-bond donors (Lipinski definition) is 4. The van der Waals surface area contributed by atoms with E-state index in [9.17, 15) is 14.4 Å². The number of urea groups is 1. The highest BCUT2D eigenvalue weighted by atomic mass is 32.1. The summed E-state index contributed by atoms with van der Waals surface area (Å²) >= 11 is 1.02. The molecule has 0 aliphatic carbocycles. The van der Waals surface area contributed by atoms with Crippen LogP contribution in [-0.2, 0) is 6.54 Å². The minimum Gasteiger partial charge on any atom is -0.366 e. The van der Waals surface area contributed by atoms with Gasteiger partial charge in [-0.1, -0.05) is 29.9 Å². The normalized spacial score (nSPS) is 14.4. The highest BCUT2D eigenvalue weighted by molar-refractivity contribution is 7.20. The van der Waals surface area contributed by atoms with Crippen LogP contribution in [0.15, 0.2) is 30.3 Å². The molecule has 1 aromatic heterocycles. The summed E-state index contributed by atoms with van der Waals surface area (Å²) in [5.74, 6) is -1.02. The smallest absolute Gasteiger partial charge is 0.317 e. The second-order valence-electron chi connectivity index (χ2n) is 6.70. The first kappa shape index (κ1) is 19.8. The molecule has 2 aromatic rings. The minimum absolute atomic E-state index is 0.0953. The largest absolute Gasteiger partial charge is 0.366 e. The number of piperidine rings is 1. The molecule has 2 heterocycles. The molecule has 0 saturated carbocycles. The molecule has 1 aromatic carbocycles. The van der Waals surface area contributed by atoms with Crippen molar-refractivity contribution >= 4 is 39.2 Å². The van der Waals surface area contributed by atoms with Crippen LogP contribution in [-0.4, -0.2) is 35.8 Å². The molecule has 0 bridgehead atoms. The third-order valence-electron chi connectivity index (χ3n) is 4.52. The van der Waals surface area contributed by atoms with E-state index in [1.54, 1.807) is 6.07 Å². The van der Waals surface area contributed by atoms with E-state index in [0.717, 1.165) is 36.5 Å². The predicted molar refractivity (Wildman–Crippen MR) is 110 cm³/mol. The molecule has 0 atom stereocenters. The zero-order valence-electron chi connectivity index (χ0n) is 15.4. The van der Waals surface area contributed by atoms with Crippen LogP contribution >= 0.6 is 11.3 Å². The number of thiophene rings is 1. The molecule has 0 unspecified atom stereocenters. The summed E-state index contributed by atoms with van der Waals surface area (Å²) in [5.41, 5.74) is 12.1. The number of likely N-dealkylation sites (tertiary alicyclic amines) is 1. The fourth-order valence-corrected chi connectivity index (χ4v) is 4.17. The van der Waals surface area contributed by atoms with Crippen molar-refractivity contribution in [3.8, 4) is 0 Å². The van der Waals surface area contributed by atoms with E-state index in [1.165, 1.54) is 25.3 Å². The number of nitrogens with one attached hydrogen (secondary N) is 2. The van der Waals surface area contributed by atoms with E-state index >= 15 is 0 Å². The molecular formula is C19H23N5O3S. The van der Waals surface area contributed by atoms with Gasteiger partial charge in [0.05, 0.1) is 10.6 Å². The van der Waals surface area contributed by atoms with E-state index < -0.39 is 11.9 Å². The number of primary amides is 2. The van der Waals surface area contributed by atoms with Crippen molar-refractivity contribution in [2.24, 2.45) is 11.5 Å². The summed E-state index contributed by atoms with van der Waals surface area (Å²) in [7, 11) is 0. The van der Waals surface area contributed by atoms with Crippen LogP contribution in [0.3, 0.4) is 0 Å². The Hall–Kier alpha value is -2.91. The average Bonchev–Trinajstić information content (AvgIpc) is 3.04. The molecule has 1 aliphatic rings. The molecule has 1 fully saturated rings. The maximum atomic E-state index is 12.6. The topological polar surface area (TPSA) is 131 Å². The second-order valence-corrected chi connectivity index (χ2v) is 7.75. The number of anilines is 2. The molecule has 4 amide bonds. The number of rotatable bonds is 6. The van der Waals surface area contributed by atoms with Crippen molar-refractivity contribution in [1.29, 1.82) is 0 Å². The quantitative estimate of drug-likeness (QED) is 0.592. The standard InChI is InChI=1S/C19H23N5O3S/c20-16(25)14-10-15(28-18(14)23-19(21)27)22-17(26)13-6-4-5-12(9-13)11-24-7-2-1-3-8-24/h4-6,9-10H,1-3,7-8,11H2,(H2,20,25)(H,22,26)(H3,21,23,27). The highest BCUT2D eigenvalue weighted by Gasteiger charge is 2.17.